The summed E-state index contributed by atoms with van der Waals surface area (Å²) in [6.07, 6.45) is 4.81. The van der Waals surface area contributed by atoms with Gasteiger partial charge in [-0.25, -0.2) is 8.97 Å². The van der Waals surface area contributed by atoms with E-state index in [1.807, 2.05) is 4.58 Å². The van der Waals surface area contributed by atoms with Crippen LogP contribution in [0, 0.1) is 0 Å². The number of hydrogen-bond donors (Lipinski definition) is 1. The topological polar surface area (TPSA) is 29.0 Å². The molecule has 1 unspecified atom stereocenters. The summed E-state index contributed by atoms with van der Waals surface area (Å²) < 4.78 is 14.6. The lowest BCUT2D eigenvalue weighted by atomic mass is 10.3. The minimum atomic E-state index is -0.0864. The first kappa shape index (κ1) is 5.65. The molecule has 2 aliphatic heterocycles. The third-order valence-electron chi connectivity index (χ3n) is 1.78. The van der Waals surface area contributed by atoms with Gasteiger partial charge in [-0.15, -0.1) is 0 Å². The molecule has 3 heteroatoms. The smallest absolute Gasteiger partial charge is 0.268 e. The zero-order valence-corrected chi connectivity index (χ0v) is 5.42. The average Bonchev–Trinajstić information content (AvgIpc) is 2.63. The molecule has 0 aromatic heterocycles. The second-order valence-corrected chi connectivity index (χ2v) is 2.50. The first-order valence-electron chi connectivity index (χ1n) is 3.22. The summed E-state index contributed by atoms with van der Waals surface area (Å²) in [6.45, 7) is 0.735. The maximum absolute atomic E-state index is 12.8. The Labute approximate surface area is 58.1 Å². The van der Waals surface area contributed by atoms with Gasteiger partial charge >= 0.3 is 0 Å². The van der Waals surface area contributed by atoms with Crippen LogP contribution in [0.1, 0.15) is 0 Å². The molecular weight excluding hydrogens is 131 g/mol. The Hall–Kier alpha value is -1.12. The largest absolute Gasteiger partial charge is 0.287 e. The molecular formula is C7H8FN2+. The highest BCUT2D eigenvalue weighted by atomic mass is 19.1. The van der Waals surface area contributed by atoms with Crippen molar-refractivity contribution in [3.63, 3.8) is 0 Å². The number of halogens is 1. The Balaban J connectivity index is 2.41. The molecule has 0 aromatic carbocycles. The molecule has 1 atom stereocenters. The fourth-order valence-corrected chi connectivity index (χ4v) is 1.11. The van der Waals surface area contributed by atoms with Crippen LogP contribution < -0.4 is 5.73 Å². The summed E-state index contributed by atoms with van der Waals surface area (Å²) in [4.78, 5) is 0. The number of fused-ring (bicyclic) bond motifs is 1. The minimum absolute atomic E-state index is 0.0602. The molecule has 0 radical (unpaired) electrons. The highest BCUT2D eigenvalue weighted by Gasteiger charge is 2.41. The van der Waals surface area contributed by atoms with Crippen molar-refractivity contribution in [1.29, 1.82) is 0 Å². The molecule has 2 rings (SSSR count). The van der Waals surface area contributed by atoms with Crippen LogP contribution in [0.5, 0.6) is 0 Å². The molecule has 0 bridgehead atoms. The van der Waals surface area contributed by atoms with Crippen LogP contribution in [0.3, 0.4) is 0 Å². The van der Waals surface area contributed by atoms with Crippen molar-refractivity contribution in [2.45, 2.75) is 6.04 Å². The number of allylic oxidation sites excluding steroid dienone is 2. The molecule has 10 heavy (non-hydrogen) atoms. The second kappa shape index (κ2) is 1.68. The van der Waals surface area contributed by atoms with Crippen LogP contribution >= 0.6 is 0 Å². The molecule has 1 saturated heterocycles. The quantitative estimate of drug-likeness (QED) is 0.376. The zero-order chi connectivity index (χ0) is 7.14. The van der Waals surface area contributed by atoms with Crippen molar-refractivity contribution in [2.24, 2.45) is 5.73 Å². The Morgan fingerprint density at radius 1 is 1.70 bits per heavy atom. The average molecular weight is 139 g/mol. The van der Waals surface area contributed by atoms with E-state index in [4.69, 9.17) is 5.73 Å². The summed E-state index contributed by atoms with van der Waals surface area (Å²) in [6, 6.07) is -0.0602. The van der Waals surface area contributed by atoms with Gasteiger partial charge in [0.15, 0.2) is 6.04 Å². The first-order chi connectivity index (χ1) is 4.79. The molecule has 0 spiro atoms. The van der Waals surface area contributed by atoms with Crippen molar-refractivity contribution in [3.05, 3.63) is 24.1 Å². The molecule has 2 nitrogen and oxygen atoms in total. The standard InChI is InChI=1S/C7H7FN2/c8-5-2-1-3-7(9)10-4-6(5)10/h1-3,6,9H,4H2/p+1. The molecule has 0 amide bonds. The number of nitrogens with zero attached hydrogens (tertiary/aromatic N) is 1. The maximum atomic E-state index is 12.8. The summed E-state index contributed by atoms with van der Waals surface area (Å²) in [5.74, 6) is 0.575. The zero-order valence-electron chi connectivity index (χ0n) is 5.42. The van der Waals surface area contributed by atoms with Gasteiger partial charge in [-0.3, -0.25) is 5.73 Å². The molecule has 52 valence electrons. The third-order valence-corrected chi connectivity index (χ3v) is 1.78. The lowest BCUT2D eigenvalue weighted by Crippen LogP contribution is -2.14. The molecule has 0 aliphatic carbocycles. The van der Waals surface area contributed by atoms with Crippen LogP contribution in [0.15, 0.2) is 24.1 Å². The maximum Gasteiger partial charge on any atom is 0.268 e. The van der Waals surface area contributed by atoms with E-state index in [1.54, 1.807) is 12.2 Å². The van der Waals surface area contributed by atoms with E-state index < -0.39 is 0 Å². The Bertz CT molecular complexity index is 263. The van der Waals surface area contributed by atoms with E-state index >= 15 is 0 Å². The monoisotopic (exact) mass is 139 g/mol. The molecule has 2 aliphatic rings. The molecule has 0 aromatic rings. The SMILES string of the molecule is NC1=[N+]2CC2C(F)=CC=C1. The van der Waals surface area contributed by atoms with Gasteiger partial charge in [0.25, 0.3) is 5.84 Å². The highest BCUT2D eigenvalue weighted by Crippen LogP contribution is 2.22. The van der Waals surface area contributed by atoms with E-state index in [-0.39, 0.29) is 11.9 Å². The summed E-state index contributed by atoms with van der Waals surface area (Å²) >= 11 is 0. The number of rotatable bonds is 0. The van der Waals surface area contributed by atoms with Crippen molar-refractivity contribution in [2.75, 3.05) is 6.54 Å². The van der Waals surface area contributed by atoms with Crippen LogP contribution in [0.2, 0.25) is 0 Å². The lowest BCUT2D eigenvalue weighted by Gasteiger charge is -1.80. The van der Waals surface area contributed by atoms with Gasteiger partial charge in [0.05, 0.1) is 0 Å². The van der Waals surface area contributed by atoms with Gasteiger partial charge in [0, 0.05) is 6.08 Å². The second-order valence-electron chi connectivity index (χ2n) is 2.50. The van der Waals surface area contributed by atoms with E-state index in [1.165, 1.54) is 6.08 Å². The van der Waals surface area contributed by atoms with E-state index in [0.717, 1.165) is 6.54 Å². The van der Waals surface area contributed by atoms with Crippen LogP contribution in [-0.2, 0) is 0 Å². The van der Waals surface area contributed by atoms with Gasteiger partial charge in [-0.1, -0.05) is 6.08 Å². The lowest BCUT2D eigenvalue weighted by molar-refractivity contribution is -0.356. The molecule has 1 fully saturated rings. The Kier molecular flexibility index (Phi) is 0.952. The number of nitrogens with two attached hydrogens (primary N) is 1. The fourth-order valence-electron chi connectivity index (χ4n) is 1.11. The fraction of sp³-hybridized carbons (Fsp3) is 0.286. The van der Waals surface area contributed by atoms with Crippen molar-refractivity contribution >= 4 is 5.84 Å². The molecule has 0 saturated carbocycles. The van der Waals surface area contributed by atoms with Crippen molar-refractivity contribution in [3.8, 4) is 0 Å². The van der Waals surface area contributed by atoms with Crippen LogP contribution in [-0.4, -0.2) is 23.0 Å². The van der Waals surface area contributed by atoms with Crippen molar-refractivity contribution < 1.29 is 8.97 Å². The molecule has 2 N–H and O–H groups in total. The summed E-state index contributed by atoms with van der Waals surface area (Å²) in [5.41, 5.74) is 5.54. The van der Waals surface area contributed by atoms with Gasteiger partial charge < -0.3 is 0 Å². The normalized spacial score (nSPS) is 29.3. The Morgan fingerprint density at radius 3 is 3.30 bits per heavy atom. The van der Waals surface area contributed by atoms with E-state index in [2.05, 4.69) is 0 Å². The molecule has 2 heterocycles. The van der Waals surface area contributed by atoms with E-state index in [0.29, 0.717) is 5.84 Å². The van der Waals surface area contributed by atoms with E-state index in [9.17, 15) is 4.39 Å². The Morgan fingerprint density at radius 2 is 2.50 bits per heavy atom. The van der Waals surface area contributed by atoms with Gasteiger partial charge in [0.2, 0.25) is 0 Å². The van der Waals surface area contributed by atoms with Gasteiger partial charge in [-0.2, -0.15) is 0 Å². The number of amidine groups is 1. The first-order valence-corrected chi connectivity index (χ1v) is 3.22. The van der Waals surface area contributed by atoms with Crippen LogP contribution in [0.4, 0.5) is 4.39 Å². The van der Waals surface area contributed by atoms with Crippen molar-refractivity contribution in [1.82, 2.24) is 0 Å². The summed E-state index contributed by atoms with van der Waals surface area (Å²) in [7, 11) is 0. The summed E-state index contributed by atoms with van der Waals surface area (Å²) in [5, 5.41) is 0. The van der Waals surface area contributed by atoms with Crippen LogP contribution in [0.25, 0.3) is 0 Å². The predicted molar refractivity (Wildman–Crippen MR) is 36.4 cm³/mol. The number of hydrogen-bond acceptors (Lipinski definition) is 1. The van der Waals surface area contributed by atoms with Gasteiger partial charge in [0.1, 0.15) is 12.4 Å². The predicted octanol–water partition coefficient (Wildman–Crippen LogP) is 0.162. The van der Waals surface area contributed by atoms with Gasteiger partial charge in [-0.05, 0) is 6.08 Å². The minimum Gasteiger partial charge on any atom is -0.287 e. The highest BCUT2D eigenvalue weighted by molar-refractivity contribution is 5.88. The third kappa shape index (κ3) is 0.667.